The zero-order chi connectivity index (χ0) is 39.7. The van der Waals surface area contributed by atoms with Crippen molar-refractivity contribution in [2.75, 3.05) is 13.2 Å². The Kier molecular flexibility index (Phi) is 37.2. The maximum Gasteiger partial charge on any atom is 0.328 e. The first kappa shape index (κ1) is 50.8. The molecule has 0 aromatic carbocycles. The Morgan fingerprint density at radius 2 is 1.06 bits per heavy atom. The van der Waals surface area contributed by atoms with Crippen molar-refractivity contribution in [1.82, 2.24) is 10.6 Å². The van der Waals surface area contributed by atoms with Crippen LogP contribution in [-0.4, -0.2) is 59.3 Å². The minimum atomic E-state index is -1.39. The topological polar surface area (TPSA) is 142 Å². The smallest absolute Gasteiger partial charge is 0.328 e. The molecule has 0 heterocycles. The summed E-state index contributed by atoms with van der Waals surface area (Å²) in [4.78, 5) is 47.5. The monoisotopic (exact) mass is 759 g/mol. The molecule has 0 saturated carbocycles. The predicted octanol–water partition coefficient (Wildman–Crippen LogP) is 10.4. The molecular formula is C45H78N2O7. The molecule has 9 nitrogen and oxygen atoms in total. The number of rotatable bonds is 38. The lowest BCUT2D eigenvalue weighted by molar-refractivity contribution is -0.150. The van der Waals surface area contributed by atoms with E-state index in [2.05, 4.69) is 73.1 Å². The number of hydrogen-bond acceptors (Lipinski definition) is 6. The summed E-state index contributed by atoms with van der Waals surface area (Å²) in [6.07, 6.45) is 45.6. The number of aliphatic carboxylic acids is 1. The molecule has 0 aliphatic carbocycles. The maximum absolute atomic E-state index is 12.8. The largest absolute Gasteiger partial charge is 0.480 e. The summed E-state index contributed by atoms with van der Waals surface area (Å²) in [5.74, 6) is -2.33. The van der Waals surface area contributed by atoms with Gasteiger partial charge in [0.05, 0.1) is 13.2 Å². The summed E-state index contributed by atoms with van der Waals surface area (Å²) in [5.41, 5.74) is 0. The quantitative estimate of drug-likeness (QED) is 0.0279. The van der Waals surface area contributed by atoms with Crippen LogP contribution in [0.2, 0.25) is 0 Å². The van der Waals surface area contributed by atoms with Crippen LogP contribution in [0.25, 0.3) is 0 Å². The van der Waals surface area contributed by atoms with Gasteiger partial charge in [0.2, 0.25) is 11.8 Å². The van der Waals surface area contributed by atoms with Gasteiger partial charge in [-0.25, -0.2) is 4.79 Å². The summed E-state index contributed by atoms with van der Waals surface area (Å²) in [6.45, 7) is 3.35. The maximum atomic E-state index is 12.8. The third-order valence-corrected chi connectivity index (χ3v) is 9.34. The summed E-state index contributed by atoms with van der Waals surface area (Å²) in [7, 11) is 0. The van der Waals surface area contributed by atoms with E-state index in [0.717, 1.165) is 96.3 Å². The van der Waals surface area contributed by atoms with E-state index < -0.39 is 24.5 Å². The van der Waals surface area contributed by atoms with Crippen molar-refractivity contribution >= 4 is 23.8 Å². The van der Waals surface area contributed by atoms with Crippen LogP contribution >= 0.6 is 0 Å². The van der Waals surface area contributed by atoms with Gasteiger partial charge in [-0.3, -0.25) is 14.4 Å². The van der Waals surface area contributed by atoms with Crippen molar-refractivity contribution in [3.05, 3.63) is 48.6 Å². The van der Waals surface area contributed by atoms with Gasteiger partial charge in [0.25, 0.3) is 0 Å². The Morgan fingerprint density at radius 1 is 0.574 bits per heavy atom. The molecule has 54 heavy (non-hydrogen) atoms. The fraction of sp³-hybridized carbons (Fsp3) is 0.733. The molecule has 0 rings (SSSR count). The van der Waals surface area contributed by atoms with Crippen molar-refractivity contribution in [3.63, 3.8) is 0 Å². The van der Waals surface area contributed by atoms with E-state index in [1.54, 1.807) is 0 Å². The first-order chi connectivity index (χ1) is 26.3. The third kappa shape index (κ3) is 35.8. The molecular weight excluding hydrogens is 681 g/mol. The van der Waals surface area contributed by atoms with E-state index >= 15 is 0 Å². The minimum absolute atomic E-state index is 0.0499. The number of carbonyl (C=O) groups excluding carboxylic acids is 3. The van der Waals surface area contributed by atoms with Crippen LogP contribution in [0.3, 0.4) is 0 Å². The fourth-order valence-corrected chi connectivity index (χ4v) is 6.06. The Balaban J connectivity index is 4.42. The number of carbonyl (C=O) groups is 4. The molecule has 0 aromatic rings. The van der Waals surface area contributed by atoms with Crippen molar-refractivity contribution < 1.29 is 34.1 Å². The summed E-state index contributed by atoms with van der Waals surface area (Å²) in [6, 6.07) is -1.39. The van der Waals surface area contributed by atoms with Gasteiger partial charge < -0.3 is 25.6 Å². The number of unbranched alkanes of at least 4 members (excludes halogenated alkanes) is 16. The normalized spacial score (nSPS) is 12.9. The van der Waals surface area contributed by atoms with Crippen molar-refractivity contribution in [2.24, 2.45) is 0 Å². The third-order valence-electron chi connectivity index (χ3n) is 9.34. The van der Waals surface area contributed by atoms with Crippen molar-refractivity contribution in [1.29, 1.82) is 0 Å². The SMILES string of the molecule is CC/C=C\C/C=C\C/C=C\C/C=C\CCCCC(CCCCCCCC(=O)NCC(=O)NC(CO)C(=O)O)OC(=O)CCCCCCCCCCCCC. The van der Waals surface area contributed by atoms with Gasteiger partial charge in [0.1, 0.15) is 12.1 Å². The lowest BCUT2D eigenvalue weighted by atomic mass is 10.0. The molecule has 2 atom stereocenters. The first-order valence-electron chi connectivity index (χ1n) is 21.5. The van der Waals surface area contributed by atoms with E-state index in [4.69, 9.17) is 14.9 Å². The molecule has 9 heteroatoms. The second-order valence-electron chi connectivity index (χ2n) is 14.4. The van der Waals surface area contributed by atoms with E-state index in [-0.39, 0.29) is 30.9 Å². The van der Waals surface area contributed by atoms with Crippen LogP contribution in [0, 0.1) is 0 Å². The van der Waals surface area contributed by atoms with Gasteiger partial charge in [-0.05, 0) is 77.0 Å². The number of carboxylic acid groups (broad SMARTS) is 1. The minimum Gasteiger partial charge on any atom is -0.480 e. The molecule has 2 amide bonds. The highest BCUT2D eigenvalue weighted by Crippen LogP contribution is 2.18. The van der Waals surface area contributed by atoms with Gasteiger partial charge in [-0.15, -0.1) is 0 Å². The average molecular weight is 759 g/mol. The van der Waals surface area contributed by atoms with Gasteiger partial charge in [-0.1, -0.05) is 146 Å². The van der Waals surface area contributed by atoms with Gasteiger partial charge in [-0.2, -0.15) is 0 Å². The summed E-state index contributed by atoms with van der Waals surface area (Å²) in [5, 5.41) is 22.5. The molecule has 0 fully saturated rings. The number of allylic oxidation sites excluding steroid dienone is 8. The number of carboxylic acids is 1. The summed E-state index contributed by atoms with van der Waals surface area (Å²) >= 11 is 0. The predicted molar refractivity (Wildman–Crippen MR) is 222 cm³/mol. The summed E-state index contributed by atoms with van der Waals surface area (Å²) < 4.78 is 6.00. The number of ether oxygens (including phenoxy) is 1. The Hall–Kier alpha value is -3.20. The number of aliphatic hydroxyl groups is 1. The number of esters is 1. The van der Waals surface area contributed by atoms with Crippen LogP contribution in [0.15, 0.2) is 48.6 Å². The van der Waals surface area contributed by atoms with E-state index in [1.807, 2.05) is 0 Å². The van der Waals surface area contributed by atoms with Crippen LogP contribution in [0.5, 0.6) is 0 Å². The molecule has 0 saturated heterocycles. The van der Waals surface area contributed by atoms with E-state index in [1.165, 1.54) is 57.8 Å². The first-order valence-corrected chi connectivity index (χ1v) is 21.5. The number of amides is 2. The molecule has 0 radical (unpaired) electrons. The average Bonchev–Trinajstić information content (AvgIpc) is 3.15. The zero-order valence-corrected chi connectivity index (χ0v) is 34.2. The van der Waals surface area contributed by atoms with Gasteiger partial charge in [0.15, 0.2) is 0 Å². The lowest BCUT2D eigenvalue weighted by Gasteiger charge is -2.18. The second kappa shape index (κ2) is 39.5. The molecule has 2 unspecified atom stereocenters. The highest BCUT2D eigenvalue weighted by atomic mass is 16.5. The van der Waals surface area contributed by atoms with E-state index in [0.29, 0.717) is 12.8 Å². The molecule has 0 spiro atoms. The van der Waals surface area contributed by atoms with Crippen LogP contribution in [-0.2, 0) is 23.9 Å². The van der Waals surface area contributed by atoms with Crippen LogP contribution in [0.1, 0.15) is 187 Å². The number of nitrogens with one attached hydrogen (secondary N) is 2. The molecule has 4 N–H and O–H groups in total. The molecule has 310 valence electrons. The van der Waals surface area contributed by atoms with Crippen molar-refractivity contribution in [3.8, 4) is 0 Å². The van der Waals surface area contributed by atoms with E-state index in [9.17, 15) is 19.2 Å². The lowest BCUT2D eigenvalue weighted by Crippen LogP contribution is -2.47. The Bertz CT molecular complexity index is 1050. The molecule has 0 aromatic heterocycles. The highest BCUT2D eigenvalue weighted by molar-refractivity contribution is 5.87. The number of aliphatic hydroxyl groups excluding tert-OH is 1. The number of hydrogen-bond donors (Lipinski definition) is 4. The van der Waals surface area contributed by atoms with Crippen LogP contribution in [0.4, 0.5) is 0 Å². The molecule has 0 bridgehead atoms. The Morgan fingerprint density at radius 3 is 1.59 bits per heavy atom. The second-order valence-corrected chi connectivity index (χ2v) is 14.4. The zero-order valence-electron chi connectivity index (χ0n) is 34.2. The fourth-order valence-electron chi connectivity index (χ4n) is 6.06. The standard InChI is InChI=1S/C45H78N2O7/c1-3-5-7-9-11-13-15-16-17-18-20-21-23-26-30-34-40(54-44(51)37-33-29-24-22-19-14-12-10-8-6-4-2)35-31-27-25-28-32-36-42(49)46-38-43(50)47-41(39-48)45(52)53/h5,7,11,13,16-17,20-21,40-41,48H,3-4,6,8-10,12,14-15,18-19,22-39H2,1-2H3,(H,46,49)(H,47,50)(H,52,53)/b7-5-,13-11-,17-16-,21-20-. The van der Waals surface area contributed by atoms with Gasteiger partial charge in [0, 0.05) is 12.8 Å². The van der Waals surface area contributed by atoms with Crippen LogP contribution < -0.4 is 10.6 Å². The highest BCUT2D eigenvalue weighted by Gasteiger charge is 2.19. The Labute approximate surface area is 328 Å². The molecule has 0 aliphatic heterocycles. The molecule has 0 aliphatic rings. The van der Waals surface area contributed by atoms with Gasteiger partial charge >= 0.3 is 11.9 Å². The van der Waals surface area contributed by atoms with Crippen molar-refractivity contribution in [2.45, 2.75) is 199 Å².